The van der Waals surface area contributed by atoms with Crippen molar-refractivity contribution >= 4 is 29.2 Å². The van der Waals surface area contributed by atoms with E-state index in [0.717, 1.165) is 11.3 Å². The number of hydrogen-bond acceptors (Lipinski definition) is 3. The Hall–Kier alpha value is -2.37. The minimum Gasteiger partial charge on any atom is -0.481 e. The third kappa shape index (κ3) is 3.10. The fraction of sp³-hybridized carbons (Fsp3) is 0.438. The highest BCUT2D eigenvalue weighted by Crippen LogP contribution is 2.32. The lowest BCUT2D eigenvalue weighted by molar-refractivity contribution is -0.151. The molecule has 0 radical (unpaired) electrons. The first-order valence-electron chi connectivity index (χ1n) is 7.36. The molecule has 6 heteroatoms. The zero-order valence-corrected chi connectivity index (χ0v) is 12.7. The Labute approximate surface area is 128 Å². The molecular formula is C16H20N2O4. The molecule has 1 aromatic carbocycles. The van der Waals surface area contributed by atoms with Gasteiger partial charge in [0.05, 0.1) is 11.8 Å². The number of carboxylic acid groups (broad SMARTS) is 1. The molecule has 0 spiro atoms. The van der Waals surface area contributed by atoms with Crippen molar-refractivity contribution in [3.8, 4) is 0 Å². The highest BCUT2D eigenvalue weighted by atomic mass is 16.4. The van der Waals surface area contributed by atoms with Crippen LogP contribution >= 0.6 is 0 Å². The second-order valence-electron chi connectivity index (χ2n) is 5.61. The van der Waals surface area contributed by atoms with Gasteiger partial charge in [-0.25, -0.2) is 0 Å². The van der Waals surface area contributed by atoms with Crippen LogP contribution in [-0.4, -0.2) is 22.9 Å². The molecule has 2 rings (SSSR count). The van der Waals surface area contributed by atoms with Crippen molar-refractivity contribution in [1.82, 2.24) is 0 Å². The van der Waals surface area contributed by atoms with Crippen LogP contribution in [-0.2, 0) is 20.8 Å². The molecule has 0 saturated heterocycles. The molecule has 3 N–H and O–H groups in total. The largest absolute Gasteiger partial charge is 0.481 e. The van der Waals surface area contributed by atoms with Crippen molar-refractivity contribution in [3.05, 3.63) is 23.8 Å². The molecule has 22 heavy (non-hydrogen) atoms. The number of rotatable bonds is 6. The predicted molar refractivity (Wildman–Crippen MR) is 82.7 cm³/mol. The number of amides is 2. The lowest BCUT2D eigenvalue weighted by Crippen LogP contribution is -2.34. The van der Waals surface area contributed by atoms with Gasteiger partial charge in [0.15, 0.2) is 0 Å². The summed E-state index contributed by atoms with van der Waals surface area (Å²) in [6.07, 6.45) is 1.02. The number of nitrogens with one attached hydrogen (secondary N) is 2. The summed E-state index contributed by atoms with van der Waals surface area (Å²) in [5.74, 6) is -1.35. The minimum atomic E-state index is -1.03. The highest BCUT2D eigenvalue weighted by molar-refractivity contribution is 6.00. The fourth-order valence-corrected chi connectivity index (χ4v) is 2.70. The number of benzene rings is 1. The molecule has 118 valence electrons. The van der Waals surface area contributed by atoms with E-state index < -0.39 is 11.4 Å². The van der Waals surface area contributed by atoms with Crippen LogP contribution in [0.5, 0.6) is 0 Å². The van der Waals surface area contributed by atoms with Crippen LogP contribution in [0.4, 0.5) is 11.4 Å². The average molecular weight is 304 g/mol. The third-order valence-corrected chi connectivity index (χ3v) is 4.32. The second kappa shape index (κ2) is 6.17. The number of hydrogen-bond donors (Lipinski definition) is 3. The molecule has 1 heterocycles. The van der Waals surface area contributed by atoms with Crippen LogP contribution in [0, 0.1) is 5.41 Å². The van der Waals surface area contributed by atoms with Gasteiger partial charge < -0.3 is 15.7 Å². The maximum atomic E-state index is 12.2. The fourth-order valence-electron chi connectivity index (χ4n) is 2.70. The van der Waals surface area contributed by atoms with E-state index in [4.69, 9.17) is 0 Å². The van der Waals surface area contributed by atoms with E-state index >= 15 is 0 Å². The van der Waals surface area contributed by atoms with E-state index in [9.17, 15) is 19.5 Å². The molecule has 0 atom stereocenters. The Morgan fingerprint density at radius 2 is 2.00 bits per heavy atom. The topological polar surface area (TPSA) is 95.5 Å². The molecule has 6 nitrogen and oxygen atoms in total. The van der Waals surface area contributed by atoms with Gasteiger partial charge >= 0.3 is 5.97 Å². The van der Waals surface area contributed by atoms with Crippen LogP contribution in [0.25, 0.3) is 0 Å². The summed E-state index contributed by atoms with van der Waals surface area (Å²) >= 11 is 0. The van der Waals surface area contributed by atoms with Crippen LogP contribution in [0.3, 0.4) is 0 Å². The Bertz CT molecular complexity index is 621. The van der Waals surface area contributed by atoms with Gasteiger partial charge in [-0.1, -0.05) is 13.8 Å². The van der Waals surface area contributed by atoms with E-state index in [1.54, 1.807) is 32.0 Å². The normalized spacial score (nSPS) is 13.5. The highest BCUT2D eigenvalue weighted by Gasteiger charge is 2.37. The molecule has 0 fully saturated rings. The average Bonchev–Trinajstić information content (AvgIpc) is 2.83. The summed E-state index contributed by atoms with van der Waals surface area (Å²) in [6.45, 7) is 3.55. The molecule has 0 saturated carbocycles. The molecule has 1 aliphatic heterocycles. The van der Waals surface area contributed by atoms with E-state index in [1.165, 1.54) is 0 Å². The molecule has 1 aromatic rings. The van der Waals surface area contributed by atoms with E-state index in [1.807, 2.05) is 0 Å². The van der Waals surface area contributed by atoms with Gasteiger partial charge in [-0.05, 0) is 36.6 Å². The Morgan fingerprint density at radius 3 is 2.59 bits per heavy atom. The first-order valence-corrected chi connectivity index (χ1v) is 7.36. The van der Waals surface area contributed by atoms with Crippen LogP contribution in [0.1, 0.15) is 38.7 Å². The molecule has 0 bridgehead atoms. The van der Waals surface area contributed by atoms with Gasteiger partial charge in [0, 0.05) is 17.8 Å². The maximum Gasteiger partial charge on any atom is 0.310 e. The molecule has 0 aliphatic carbocycles. The Morgan fingerprint density at radius 1 is 1.32 bits per heavy atom. The van der Waals surface area contributed by atoms with Gasteiger partial charge in [0.25, 0.3) is 0 Å². The lowest BCUT2D eigenvalue weighted by atomic mass is 9.79. The zero-order valence-electron chi connectivity index (χ0n) is 12.7. The number of anilines is 2. The summed E-state index contributed by atoms with van der Waals surface area (Å²) in [5, 5.41) is 14.8. The SMILES string of the molecule is CCC(CC)(CC(=O)Nc1ccc2c(c1)CC(=O)N2)C(=O)O. The lowest BCUT2D eigenvalue weighted by Gasteiger charge is -2.25. The number of carbonyl (C=O) groups excluding carboxylic acids is 2. The van der Waals surface area contributed by atoms with Crippen molar-refractivity contribution in [2.45, 2.75) is 39.5 Å². The third-order valence-electron chi connectivity index (χ3n) is 4.32. The second-order valence-corrected chi connectivity index (χ2v) is 5.61. The predicted octanol–water partition coefficient (Wildman–Crippen LogP) is 2.40. The van der Waals surface area contributed by atoms with E-state index in [-0.39, 0.29) is 18.2 Å². The van der Waals surface area contributed by atoms with Crippen LogP contribution in [0.15, 0.2) is 18.2 Å². The molecular weight excluding hydrogens is 284 g/mol. The molecule has 2 amide bonds. The first-order chi connectivity index (χ1) is 10.4. The van der Waals surface area contributed by atoms with Crippen LogP contribution in [0.2, 0.25) is 0 Å². The summed E-state index contributed by atoms with van der Waals surface area (Å²) in [7, 11) is 0. The summed E-state index contributed by atoms with van der Waals surface area (Å²) < 4.78 is 0. The molecule has 0 aromatic heterocycles. The standard InChI is InChI=1S/C16H20N2O4/c1-3-16(4-2,15(21)22)9-14(20)17-11-5-6-12-10(7-11)8-13(19)18-12/h5-7H,3-4,8-9H2,1-2H3,(H,17,20)(H,18,19)(H,21,22). The van der Waals surface area contributed by atoms with Crippen molar-refractivity contribution < 1.29 is 19.5 Å². The first kappa shape index (κ1) is 16.0. The Balaban J connectivity index is 2.08. The van der Waals surface area contributed by atoms with Gasteiger partial charge in [-0.3, -0.25) is 14.4 Å². The number of carboxylic acids is 1. The van der Waals surface area contributed by atoms with Crippen LogP contribution < -0.4 is 10.6 Å². The smallest absolute Gasteiger partial charge is 0.310 e. The number of fused-ring (bicyclic) bond motifs is 1. The zero-order chi connectivity index (χ0) is 16.3. The van der Waals surface area contributed by atoms with Gasteiger partial charge in [-0.15, -0.1) is 0 Å². The maximum absolute atomic E-state index is 12.2. The van der Waals surface area contributed by atoms with Gasteiger partial charge in [-0.2, -0.15) is 0 Å². The van der Waals surface area contributed by atoms with E-state index in [0.29, 0.717) is 24.9 Å². The van der Waals surface area contributed by atoms with Gasteiger partial charge in [0.1, 0.15) is 0 Å². The summed E-state index contributed by atoms with van der Waals surface area (Å²) in [5.41, 5.74) is 1.13. The minimum absolute atomic E-state index is 0.0659. The monoisotopic (exact) mass is 304 g/mol. The summed E-state index contributed by atoms with van der Waals surface area (Å²) in [4.78, 5) is 34.9. The molecule has 1 aliphatic rings. The Kier molecular flexibility index (Phi) is 4.49. The number of carbonyl (C=O) groups is 3. The van der Waals surface area contributed by atoms with E-state index in [2.05, 4.69) is 10.6 Å². The summed E-state index contributed by atoms with van der Waals surface area (Å²) in [6, 6.07) is 5.17. The van der Waals surface area contributed by atoms with Crippen molar-refractivity contribution in [2.75, 3.05) is 10.6 Å². The number of aliphatic carboxylic acids is 1. The quantitative estimate of drug-likeness (QED) is 0.752. The molecule has 0 unspecified atom stereocenters. The van der Waals surface area contributed by atoms with Gasteiger partial charge in [0.2, 0.25) is 11.8 Å². The van der Waals surface area contributed by atoms with Crippen molar-refractivity contribution in [2.24, 2.45) is 5.41 Å². The van der Waals surface area contributed by atoms with Crippen molar-refractivity contribution in [1.29, 1.82) is 0 Å². The van der Waals surface area contributed by atoms with Crippen molar-refractivity contribution in [3.63, 3.8) is 0 Å².